The summed E-state index contributed by atoms with van der Waals surface area (Å²) < 4.78 is 10.3. The normalized spacial score (nSPS) is 14.1. The van der Waals surface area contributed by atoms with Gasteiger partial charge in [0, 0.05) is 12.1 Å². The monoisotopic (exact) mass is 266 g/mol. The Kier molecular flexibility index (Phi) is 3.28. The van der Waals surface area contributed by atoms with Gasteiger partial charge in [0.2, 0.25) is 0 Å². The summed E-state index contributed by atoms with van der Waals surface area (Å²) in [7, 11) is 1.35. The predicted octanol–water partition coefficient (Wildman–Crippen LogP) is 1.74. The van der Waals surface area contributed by atoms with Gasteiger partial charge in [0.05, 0.1) is 23.8 Å². The van der Waals surface area contributed by atoms with Crippen molar-refractivity contribution in [3.63, 3.8) is 0 Å². The van der Waals surface area contributed by atoms with E-state index in [9.17, 15) is 14.9 Å². The lowest BCUT2D eigenvalue weighted by molar-refractivity contribution is -0.385. The van der Waals surface area contributed by atoms with Crippen LogP contribution in [-0.2, 0) is 4.79 Å². The largest absolute Gasteiger partial charge is 0.490 e. The average molecular weight is 266 g/mol. The first kappa shape index (κ1) is 13.1. The van der Waals surface area contributed by atoms with E-state index in [1.165, 1.54) is 19.2 Å². The molecule has 2 rings (SSSR count). The fourth-order valence-electron chi connectivity index (χ4n) is 2.06. The van der Waals surface area contributed by atoms with E-state index in [-0.39, 0.29) is 30.0 Å². The van der Waals surface area contributed by atoms with E-state index in [1.54, 1.807) is 4.90 Å². The molecule has 0 aromatic heterocycles. The van der Waals surface area contributed by atoms with Gasteiger partial charge in [-0.3, -0.25) is 14.9 Å². The first-order valence-electron chi connectivity index (χ1n) is 5.77. The maximum absolute atomic E-state index is 11.8. The van der Waals surface area contributed by atoms with Crippen LogP contribution in [0.5, 0.6) is 11.5 Å². The molecule has 1 aromatic rings. The first-order chi connectivity index (χ1) is 8.95. The van der Waals surface area contributed by atoms with Crippen molar-refractivity contribution in [3.8, 4) is 11.5 Å². The highest BCUT2D eigenvalue weighted by Gasteiger charge is 2.31. The third kappa shape index (κ3) is 2.18. The van der Waals surface area contributed by atoms with Gasteiger partial charge in [-0.1, -0.05) is 0 Å². The number of amides is 1. The number of methoxy groups -OCH3 is 1. The van der Waals surface area contributed by atoms with Crippen molar-refractivity contribution in [1.29, 1.82) is 0 Å². The average Bonchev–Trinajstić information content (AvgIpc) is 2.36. The lowest BCUT2D eigenvalue weighted by Crippen LogP contribution is -2.43. The van der Waals surface area contributed by atoms with Crippen LogP contribution in [0.3, 0.4) is 0 Å². The zero-order chi connectivity index (χ0) is 14.2. The molecule has 1 aromatic carbocycles. The molecular formula is C12H14N2O5. The molecule has 102 valence electrons. The first-order valence-corrected chi connectivity index (χ1v) is 5.77. The molecule has 0 saturated carbocycles. The van der Waals surface area contributed by atoms with Crippen LogP contribution >= 0.6 is 0 Å². The lowest BCUT2D eigenvalue weighted by Gasteiger charge is -2.32. The summed E-state index contributed by atoms with van der Waals surface area (Å²) in [6, 6.07) is 2.68. The number of nitro benzene ring substituents is 1. The Hall–Kier alpha value is -2.31. The van der Waals surface area contributed by atoms with Crippen LogP contribution in [-0.4, -0.2) is 30.6 Å². The molecule has 0 N–H and O–H groups in total. The van der Waals surface area contributed by atoms with Gasteiger partial charge in [-0.15, -0.1) is 0 Å². The van der Waals surface area contributed by atoms with Crippen LogP contribution < -0.4 is 14.4 Å². The molecule has 0 atom stereocenters. The molecule has 1 aliphatic heterocycles. The smallest absolute Gasteiger partial charge is 0.314 e. The number of nitro groups is 1. The van der Waals surface area contributed by atoms with Gasteiger partial charge in [-0.05, 0) is 13.8 Å². The van der Waals surface area contributed by atoms with Gasteiger partial charge in [0.25, 0.3) is 5.91 Å². The van der Waals surface area contributed by atoms with Crippen LogP contribution in [0, 0.1) is 10.1 Å². The second-order valence-electron chi connectivity index (χ2n) is 4.40. The zero-order valence-electron chi connectivity index (χ0n) is 10.9. The van der Waals surface area contributed by atoms with Crippen molar-refractivity contribution >= 4 is 17.3 Å². The Morgan fingerprint density at radius 1 is 1.47 bits per heavy atom. The van der Waals surface area contributed by atoms with Crippen molar-refractivity contribution in [3.05, 3.63) is 22.2 Å². The Morgan fingerprint density at radius 3 is 2.68 bits per heavy atom. The highest BCUT2D eigenvalue weighted by Crippen LogP contribution is 2.42. The topological polar surface area (TPSA) is 81.9 Å². The van der Waals surface area contributed by atoms with Crippen LogP contribution in [0.1, 0.15) is 13.8 Å². The summed E-state index contributed by atoms with van der Waals surface area (Å²) in [5.41, 5.74) is 0.313. The third-order valence-corrected chi connectivity index (χ3v) is 2.85. The summed E-state index contributed by atoms with van der Waals surface area (Å²) in [5, 5.41) is 10.9. The molecule has 1 aliphatic rings. The quantitative estimate of drug-likeness (QED) is 0.614. The van der Waals surface area contributed by atoms with Crippen LogP contribution in [0.25, 0.3) is 0 Å². The number of carbonyl (C=O) groups is 1. The van der Waals surface area contributed by atoms with Crippen molar-refractivity contribution < 1.29 is 19.2 Å². The van der Waals surface area contributed by atoms with Crippen LogP contribution in [0.15, 0.2) is 12.1 Å². The molecular weight excluding hydrogens is 252 g/mol. The van der Waals surface area contributed by atoms with E-state index < -0.39 is 4.92 Å². The number of nitrogens with zero attached hydrogens (tertiary/aromatic N) is 2. The van der Waals surface area contributed by atoms with Crippen LogP contribution in [0.2, 0.25) is 0 Å². The van der Waals surface area contributed by atoms with E-state index in [4.69, 9.17) is 9.47 Å². The minimum Gasteiger partial charge on any atom is -0.490 e. The molecule has 0 spiro atoms. The van der Waals surface area contributed by atoms with Gasteiger partial charge in [0.15, 0.2) is 18.1 Å². The zero-order valence-corrected chi connectivity index (χ0v) is 10.9. The van der Waals surface area contributed by atoms with E-state index in [0.717, 1.165) is 0 Å². The summed E-state index contributed by atoms with van der Waals surface area (Å²) in [6.45, 7) is 3.61. The fourth-order valence-corrected chi connectivity index (χ4v) is 2.06. The molecule has 1 heterocycles. The maximum atomic E-state index is 11.8. The molecule has 19 heavy (non-hydrogen) atoms. The van der Waals surface area contributed by atoms with E-state index in [2.05, 4.69) is 0 Å². The number of rotatable bonds is 3. The number of anilines is 1. The molecule has 1 amide bonds. The number of fused-ring (bicyclic) bond motifs is 1. The number of carbonyl (C=O) groups excluding carboxylic acids is 1. The molecule has 0 bridgehead atoms. The number of ether oxygens (including phenoxy) is 2. The lowest BCUT2D eigenvalue weighted by atomic mass is 10.1. The Bertz CT molecular complexity index is 541. The van der Waals surface area contributed by atoms with Crippen molar-refractivity contribution in [2.24, 2.45) is 0 Å². The van der Waals surface area contributed by atoms with E-state index in [1.807, 2.05) is 13.8 Å². The summed E-state index contributed by atoms with van der Waals surface area (Å²) >= 11 is 0. The molecule has 7 heteroatoms. The minimum atomic E-state index is -0.543. The van der Waals surface area contributed by atoms with Crippen molar-refractivity contribution in [2.45, 2.75) is 19.9 Å². The second kappa shape index (κ2) is 4.75. The Morgan fingerprint density at radius 2 is 2.16 bits per heavy atom. The summed E-state index contributed by atoms with van der Waals surface area (Å²) in [4.78, 5) is 23.8. The number of hydrogen-bond donors (Lipinski definition) is 0. The third-order valence-electron chi connectivity index (χ3n) is 2.85. The standard InChI is InChI=1S/C12H14N2O5/c1-7(2)13-8-4-10(18-3)9(14(16)17)5-11(8)19-6-12(13)15/h4-5,7H,6H2,1-3H3. The molecule has 0 radical (unpaired) electrons. The Labute approximate surface area is 109 Å². The number of hydrogen-bond acceptors (Lipinski definition) is 5. The second-order valence-corrected chi connectivity index (χ2v) is 4.40. The Balaban J connectivity index is 2.60. The number of benzene rings is 1. The maximum Gasteiger partial charge on any atom is 0.314 e. The van der Waals surface area contributed by atoms with Gasteiger partial charge < -0.3 is 14.4 Å². The molecule has 0 unspecified atom stereocenters. The van der Waals surface area contributed by atoms with Crippen molar-refractivity contribution in [1.82, 2.24) is 0 Å². The van der Waals surface area contributed by atoms with Gasteiger partial charge >= 0.3 is 5.69 Å². The highest BCUT2D eigenvalue weighted by atomic mass is 16.6. The summed E-state index contributed by atoms with van der Waals surface area (Å²) in [5.74, 6) is 0.243. The van der Waals surface area contributed by atoms with E-state index in [0.29, 0.717) is 11.4 Å². The molecule has 7 nitrogen and oxygen atoms in total. The molecule has 0 aliphatic carbocycles. The SMILES string of the molecule is COc1cc2c(cc1[N+](=O)[O-])OCC(=O)N2C(C)C. The highest BCUT2D eigenvalue weighted by molar-refractivity contribution is 5.99. The van der Waals surface area contributed by atoms with Gasteiger partial charge in [0.1, 0.15) is 0 Å². The summed E-state index contributed by atoms with van der Waals surface area (Å²) in [6.07, 6.45) is 0. The fraction of sp³-hybridized carbons (Fsp3) is 0.417. The van der Waals surface area contributed by atoms with Gasteiger partial charge in [-0.25, -0.2) is 0 Å². The predicted molar refractivity (Wildman–Crippen MR) is 67.8 cm³/mol. The molecule has 0 fully saturated rings. The van der Waals surface area contributed by atoms with Gasteiger partial charge in [-0.2, -0.15) is 0 Å². The van der Waals surface area contributed by atoms with Crippen molar-refractivity contribution in [2.75, 3.05) is 18.6 Å². The van der Waals surface area contributed by atoms with E-state index >= 15 is 0 Å². The minimum absolute atomic E-state index is 0.0682. The molecule has 0 saturated heterocycles. The van der Waals surface area contributed by atoms with Crippen LogP contribution in [0.4, 0.5) is 11.4 Å².